The summed E-state index contributed by atoms with van der Waals surface area (Å²) in [4.78, 5) is 6.71. The van der Waals surface area contributed by atoms with E-state index in [2.05, 4.69) is 63.7 Å². The van der Waals surface area contributed by atoms with Crippen molar-refractivity contribution >= 4 is 5.82 Å². The van der Waals surface area contributed by atoms with E-state index in [4.69, 9.17) is 0 Å². The van der Waals surface area contributed by atoms with Crippen LogP contribution < -0.4 is 4.90 Å². The van der Waals surface area contributed by atoms with E-state index >= 15 is 0 Å². The molecule has 0 aliphatic carbocycles. The summed E-state index contributed by atoms with van der Waals surface area (Å²) in [6.45, 7) is 11.1. The van der Waals surface area contributed by atoms with Crippen LogP contribution in [0.1, 0.15) is 46.1 Å². The highest BCUT2D eigenvalue weighted by Crippen LogP contribution is 2.24. The molecule has 1 aromatic rings. The summed E-state index contributed by atoms with van der Waals surface area (Å²) >= 11 is 0. The average molecular weight is 220 g/mol. The van der Waals surface area contributed by atoms with Crippen LogP contribution in [0.15, 0.2) is 18.3 Å². The Morgan fingerprint density at radius 2 is 1.69 bits per heavy atom. The van der Waals surface area contributed by atoms with Crippen molar-refractivity contribution in [2.45, 2.75) is 46.6 Å². The van der Waals surface area contributed by atoms with Gasteiger partial charge in [0.05, 0.1) is 0 Å². The summed E-state index contributed by atoms with van der Waals surface area (Å²) in [7, 11) is 2.08. The first kappa shape index (κ1) is 13.0. The predicted molar refractivity (Wildman–Crippen MR) is 71.0 cm³/mol. The van der Waals surface area contributed by atoms with Crippen molar-refractivity contribution in [3.8, 4) is 0 Å². The number of anilines is 1. The second kappa shape index (κ2) is 5.33. The van der Waals surface area contributed by atoms with Gasteiger partial charge in [0.1, 0.15) is 5.82 Å². The Hall–Kier alpha value is -1.05. The van der Waals surface area contributed by atoms with Crippen LogP contribution in [0, 0.1) is 5.92 Å². The van der Waals surface area contributed by atoms with Gasteiger partial charge in [-0.15, -0.1) is 0 Å². The van der Waals surface area contributed by atoms with Gasteiger partial charge in [-0.1, -0.05) is 26.8 Å². The van der Waals surface area contributed by atoms with E-state index in [1.54, 1.807) is 0 Å². The Bertz CT molecular complexity index is 281. The van der Waals surface area contributed by atoms with E-state index in [9.17, 15) is 0 Å². The molecule has 0 fully saturated rings. The highest BCUT2D eigenvalue weighted by Gasteiger charge is 2.11. The lowest BCUT2D eigenvalue weighted by atomic mass is 9.91. The number of pyridine rings is 1. The molecule has 0 aliphatic heterocycles. The second-order valence-electron chi connectivity index (χ2n) is 5.19. The number of rotatable bonds is 4. The molecule has 0 aliphatic rings. The molecule has 0 saturated heterocycles. The zero-order valence-corrected chi connectivity index (χ0v) is 11.4. The van der Waals surface area contributed by atoms with Crippen LogP contribution in [0.4, 0.5) is 5.82 Å². The molecule has 1 atom stereocenters. The van der Waals surface area contributed by atoms with E-state index in [0.29, 0.717) is 17.9 Å². The van der Waals surface area contributed by atoms with Crippen LogP contribution in [-0.4, -0.2) is 18.1 Å². The summed E-state index contributed by atoms with van der Waals surface area (Å²) in [6.07, 6.45) is 2.01. The van der Waals surface area contributed by atoms with Gasteiger partial charge in [0.2, 0.25) is 0 Å². The maximum Gasteiger partial charge on any atom is 0.128 e. The number of hydrogen-bond donors (Lipinski definition) is 0. The van der Waals surface area contributed by atoms with Gasteiger partial charge in [0, 0.05) is 19.3 Å². The molecule has 2 nitrogen and oxygen atoms in total. The van der Waals surface area contributed by atoms with Gasteiger partial charge in [-0.2, -0.15) is 0 Å². The molecule has 16 heavy (non-hydrogen) atoms. The van der Waals surface area contributed by atoms with Crippen LogP contribution in [0.2, 0.25) is 0 Å². The molecule has 0 radical (unpaired) electrons. The fourth-order valence-corrected chi connectivity index (χ4v) is 1.52. The van der Waals surface area contributed by atoms with Crippen molar-refractivity contribution in [1.82, 2.24) is 4.98 Å². The normalized spacial score (nSPS) is 13.2. The van der Waals surface area contributed by atoms with Gasteiger partial charge in [-0.25, -0.2) is 4.98 Å². The van der Waals surface area contributed by atoms with Gasteiger partial charge >= 0.3 is 0 Å². The lowest BCUT2D eigenvalue weighted by molar-refractivity contribution is 0.533. The number of hydrogen-bond acceptors (Lipinski definition) is 2. The summed E-state index contributed by atoms with van der Waals surface area (Å²) < 4.78 is 0. The molecule has 2 heteroatoms. The van der Waals surface area contributed by atoms with Gasteiger partial charge in [-0.3, -0.25) is 0 Å². The zero-order chi connectivity index (χ0) is 12.3. The van der Waals surface area contributed by atoms with Crippen molar-refractivity contribution in [1.29, 1.82) is 0 Å². The Labute approximate surface area is 99.7 Å². The molecule has 1 heterocycles. The lowest BCUT2D eigenvalue weighted by Gasteiger charge is -2.23. The summed E-state index contributed by atoms with van der Waals surface area (Å²) in [6, 6.07) is 4.81. The predicted octanol–water partition coefficient (Wildman–Crippen LogP) is 3.69. The van der Waals surface area contributed by atoms with Crippen LogP contribution in [0.25, 0.3) is 0 Å². The smallest absolute Gasteiger partial charge is 0.128 e. The molecular formula is C14H24N2. The summed E-state index contributed by atoms with van der Waals surface area (Å²) in [5.41, 5.74) is 1.33. The van der Waals surface area contributed by atoms with Gasteiger partial charge in [0.15, 0.2) is 0 Å². The van der Waals surface area contributed by atoms with Crippen molar-refractivity contribution in [3.63, 3.8) is 0 Å². The van der Waals surface area contributed by atoms with Gasteiger partial charge in [-0.05, 0) is 37.3 Å². The summed E-state index contributed by atoms with van der Waals surface area (Å²) in [5.74, 6) is 2.29. The molecular weight excluding hydrogens is 196 g/mol. The van der Waals surface area contributed by atoms with Gasteiger partial charge in [0.25, 0.3) is 0 Å². The standard InChI is InChI=1S/C14H24N2/c1-10(2)12(5)13-7-8-14(15-9-13)16(6)11(3)4/h7-12H,1-6H3. The first-order chi connectivity index (χ1) is 7.43. The average Bonchev–Trinajstić information content (AvgIpc) is 2.27. The second-order valence-corrected chi connectivity index (χ2v) is 5.19. The molecule has 0 bridgehead atoms. The third kappa shape index (κ3) is 2.97. The fourth-order valence-electron chi connectivity index (χ4n) is 1.52. The van der Waals surface area contributed by atoms with Gasteiger partial charge < -0.3 is 4.90 Å². The molecule has 1 rings (SSSR count). The molecule has 90 valence electrons. The van der Waals surface area contributed by atoms with E-state index < -0.39 is 0 Å². The SMILES string of the molecule is CC(C)C(C)c1ccc(N(C)C(C)C)nc1. The Morgan fingerprint density at radius 1 is 1.06 bits per heavy atom. The number of nitrogens with zero attached hydrogens (tertiary/aromatic N) is 2. The van der Waals surface area contributed by atoms with Crippen LogP contribution in [-0.2, 0) is 0 Å². The molecule has 1 unspecified atom stereocenters. The topological polar surface area (TPSA) is 16.1 Å². The maximum atomic E-state index is 4.53. The zero-order valence-electron chi connectivity index (χ0n) is 11.4. The van der Waals surface area contributed by atoms with Crippen LogP contribution in [0.3, 0.4) is 0 Å². The molecule has 0 N–H and O–H groups in total. The lowest BCUT2D eigenvalue weighted by Crippen LogP contribution is -2.26. The first-order valence-electron chi connectivity index (χ1n) is 6.12. The van der Waals surface area contributed by atoms with E-state index in [1.165, 1.54) is 5.56 Å². The van der Waals surface area contributed by atoms with E-state index in [0.717, 1.165) is 5.82 Å². The molecule has 0 amide bonds. The summed E-state index contributed by atoms with van der Waals surface area (Å²) in [5, 5.41) is 0. The largest absolute Gasteiger partial charge is 0.357 e. The quantitative estimate of drug-likeness (QED) is 0.769. The molecule has 0 spiro atoms. The Morgan fingerprint density at radius 3 is 2.06 bits per heavy atom. The van der Waals surface area contributed by atoms with Crippen molar-refractivity contribution in [2.24, 2.45) is 5.92 Å². The van der Waals surface area contributed by atoms with Crippen molar-refractivity contribution < 1.29 is 0 Å². The minimum atomic E-state index is 0.487. The fraction of sp³-hybridized carbons (Fsp3) is 0.643. The molecule has 0 aromatic carbocycles. The van der Waals surface area contributed by atoms with Crippen LogP contribution in [0.5, 0.6) is 0 Å². The number of aromatic nitrogens is 1. The minimum absolute atomic E-state index is 0.487. The molecule has 1 aromatic heterocycles. The van der Waals surface area contributed by atoms with E-state index in [-0.39, 0.29) is 0 Å². The first-order valence-corrected chi connectivity index (χ1v) is 6.12. The highest BCUT2D eigenvalue weighted by molar-refractivity contribution is 5.39. The third-order valence-electron chi connectivity index (χ3n) is 3.43. The Kier molecular flexibility index (Phi) is 4.34. The van der Waals surface area contributed by atoms with E-state index in [1.807, 2.05) is 6.20 Å². The third-order valence-corrected chi connectivity index (χ3v) is 3.43. The monoisotopic (exact) mass is 220 g/mol. The minimum Gasteiger partial charge on any atom is -0.357 e. The van der Waals surface area contributed by atoms with Crippen molar-refractivity contribution in [3.05, 3.63) is 23.9 Å². The highest BCUT2D eigenvalue weighted by atomic mass is 15.2. The van der Waals surface area contributed by atoms with Crippen molar-refractivity contribution in [2.75, 3.05) is 11.9 Å². The molecule has 0 saturated carbocycles. The van der Waals surface area contributed by atoms with Crippen LogP contribution >= 0.6 is 0 Å². The maximum absolute atomic E-state index is 4.53. The Balaban J connectivity index is 2.83.